The van der Waals surface area contributed by atoms with Gasteiger partial charge in [0.05, 0.1) is 0 Å². The summed E-state index contributed by atoms with van der Waals surface area (Å²) in [5, 5.41) is 2.12. The van der Waals surface area contributed by atoms with Gasteiger partial charge in [-0.2, -0.15) is 0 Å². The minimum absolute atomic E-state index is 1.38. The van der Waals surface area contributed by atoms with Crippen LogP contribution in [0.2, 0.25) is 0 Å². The van der Waals surface area contributed by atoms with Gasteiger partial charge in [0.25, 0.3) is 0 Å². The molecule has 0 unspecified atom stereocenters. The van der Waals surface area contributed by atoms with Crippen molar-refractivity contribution in [2.75, 3.05) is 0 Å². The van der Waals surface area contributed by atoms with Crippen LogP contribution in [-0.4, -0.2) is 0 Å². The van der Waals surface area contributed by atoms with Crippen molar-refractivity contribution in [2.45, 2.75) is 34.6 Å². The van der Waals surface area contributed by atoms with Crippen LogP contribution in [0.25, 0.3) is 9.75 Å². The Labute approximate surface area is 102 Å². The van der Waals surface area contributed by atoms with E-state index in [1.807, 2.05) is 39.0 Å². The summed E-state index contributed by atoms with van der Waals surface area (Å²) in [5.74, 6) is 0. The van der Waals surface area contributed by atoms with E-state index in [0.717, 1.165) is 0 Å². The van der Waals surface area contributed by atoms with Crippen molar-refractivity contribution in [2.24, 2.45) is 0 Å². The summed E-state index contributed by atoms with van der Waals surface area (Å²) in [7, 11) is 0. The van der Waals surface area contributed by atoms with E-state index < -0.39 is 0 Å². The molecule has 2 heteroatoms. The molecule has 0 aliphatic carbocycles. The fourth-order valence-corrected chi connectivity index (χ4v) is 2.69. The molecular formula is C13H20S2. The lowest BCUT2D eigenvalue weighted by Gasteiger charge is -1.86. The number of hydrogen-bond acceptors (Lipinski definition) is 2. The van der Waals surface area contributed by atoms with Crippen LogP contribution in [0.4, 0.5) is 0 Å². The highest BCUT2D eigenvalue weighted by Gasteiger charge is 1.99. The molecule has 0 spiro atoms. The van der Waals surface area contributed by atoms with Crippen molar-refractivity contribution in [1.29, 1.82) is 0 Å². The van der Waals surface area contributed by atoms with Gasteiger partial charge in [-0.05, 0) is 30.5 Å². The van der Waals surface area contributed by atoms with E-state index in [9.17, 15) is 0 Å². The molecule has 0 aliphatic heterocycles. The van der Waals surface area contributed by atoms with E-state index in [2.05, 4.69) is 36.6 Å². The van der Waals surface area contributed by atoms with Gasteiger partial charge in [0.1, 0.15) is 0 Å². The standard InChI is InChI=1S/C9H8S2.2C2H6/c1-7-4-5-9(11-7)8-3-2-6-10-8;2*1-2/h2-6H,1H3;2*1-2H3. The molecule has 0 radical (unpaired) electrons. The van der Waals surface area contributed by atoms with E-state index in [1.54, 1.807) is 11.3 Å². The lowest BCUT2D eigenvalue weighted by molar-refractivity contribution is 1.50. The Balaban J connectivity index is 0.000000442. The van der Waals surface area contributed by atoms with Crippen LogP contribution >= 0.6 is 22.7 Å². The topological polar surface area (TPSA) is 0 Å². The molecule has 0 nitrogen and oxygen atoms in total. The van der Waals surface area contributed by atoms with E-state index in [1.165, 1.54) is 14.6 Å². The Morgan fingerprint density at radius 2 is 1.53 bits per heavy atom. The number of hydrogen-bond donors (Lipinski definition) is 0. The molecule has 0 aromatic carbocycles. The van der Waals surface area contributed by atoms with Gasteiger partial charge in [-0.15, -0.1) is 22.7 Å². The van der Waals surface area contributed by atoms with Gasteiger partial charge >= 0.3 is 0 Å². The third-order valence-corrected chi connectivity index (χ3v) is 3.57. The summed E-state index contributed by atoms with van der Waals surface area (Å²) in [5.41, 5.74) is 0. The van der Waals surface area contributed by atoms with Gasteiger partial charge in [-0.3, -0.25) is 0 Å². The predicted octanol–water partition coefficient (Wildman–Crippen LogP) is 5.84. The van der Waals surface area contributed by atoms with Crippen molar-refractivity contribution in [3.05, 3.63) is 34.5 Å². The average Bonchev–Trinajstić information content (AvgIpc) is 2.94. The summed E-state index contributed by atoms with van der Waals surface area (Å²) in [6, 6.07) is 8.61. The lowest BCUT2D eigenvalue weighted by Crippen LogP contribution is -1.55. The summed E-state index contributed by atoms with van der Waals surface area (Å²) < 4.78 is 0. The molecule has 2 heterocycles. The van der Waals surface area contributed by atoms with Crippen LogP contribution in [0.3, 0.4) is 0 Å². The minimum atomic E-state index is 1.38. The molecule has 0 N–H and O–H groups in total. The Bertz CT molecular complexity index is 331. The number of rotatable bonds is 1. The van der Waals surface area contributed by atoms with Gasteiger partial charge in [-0.25, -0.2) is 0 Å². The number of thiophene rings is 2. The molecule has 0 fully saturated rings. The van der Waals surface area contributed by atoms with Crippen molar-refractivity contribution in [3.8, 4) is 9.75 Å². The Morgan fingerprint density at radius 3 is 1.93 bits per heavy atom. The molecule has 0 saturated carbocycles. The second-order valence-corrected chi connectivity index (χ2v) is 4.62. The zero-order valence-electron chi connectivity index (χ0n) is 10.2. The van der Waals surface area contributed by atoms with Gasteiger partial charge < -0.3 is 0 Å². The largest absolute Gasteiger partial charge is 0.143 e. The molecule has 0 bridgehead atoms. The molecule has 2 aromatic heterocycles. The fourth-order valence-electron chi connectivity index (χ4n) is 0.986. The first kappa shape index (κ1) is 14.4. The summed E-state index contributed by atoms with van der Waals surface area (Å²) in [6.07, 6.45) is 0. The van der Waals surface area contributed by atoms with Crippen LogP contribution in [-0.2, 0) is 0 Å². The molecule has 0 atom stereocenters. The molecule has 2 aromatic rings. The van der Waals surface area contributed by atoms with Crippen LogP contribution in [0.15, 0.2) is 29.6 Å². The molecule has 0 aliphatic rings. The van der Waals surface area contributed by atoms with E-state index in [0.29, 0.717) is 0 Å². The first-order valence-corrected chi connectivity index (χ1v) is 7.16. The van der Waals surface area contributed by atoms with Crippen molar-refractivity contribution in [3.63, 3.8) is 0 Å². The lowest BCUT2D eigenvalue weighted by atomic mass is 10.4. The maximum absolute atomic E-state index is 2.19. The summed E-state index contributed by atoms with van der Waals surface area (Å²) >= 11 is 3.66. The van der Waals surface area contributed by atoms with Crippen LogP contribution in [0, 0.1) is 6.92 Å². The highest BCUT2D eigenvalue weighted by molar-refractivity contribution is 7.21. The van der Waals surface area contributed by atoms with Gasteiger partial charge in [0, 0.05) is 14.6 Å². The maximum Gasteiger partial charge on any atom is 0.0445 e. The summed E-state index contributed by atoms with van der Waals surface area (Å²) in [4.78, 5) is 4.15. The Hall–Kier alpha value is -0.600. The molecule has 84 valence electrons. The SMILES string of the molecule is CC.CC.Cc1ccc(-c2cccs2)s1. The van der Waals surface area contributed by atoms with Gasteiger partial charge in [0.15, 0.2) is 0 Å². The molecular weight excluding hydrogens is 220 g/mol. The van der Waals surface area contributed by atoms with Crippen molar-refractivity contribution >= 4 is 22.7 Å². The molecule has 15 heavy (non-hydrogen) atoms. The monoisotopic (exact) mass is 240 g/mol. The first-order valence-electron chi connectivity index (χ1n) is 5.46. The van der Waals surface area contributed by atoms with Crippen molar-refractivity contribution < 1.29 is 0 Å². The Morgan fingerprint density at radius 1 is 0.867 bits per heavy atom. The third kappa shape index (κ3) is 4.63. The molecule has 0 amide bonds. The third-order valence-electron chi connectivity index (χ3n) is 1.50. The second kappa shape index (κ2) is 8.69. The zero-order chi connectivity index (χ0) is 11.7. The van der Waals surface area contributed by atoms with Crippen LogP contribution in [0.1, 0.15) is 32.6 Å². The average molecular weight is 240 g/mol. The van der Waals surface area contributed by atoms with Gasteiger partial charge in [0.2, 0.25) is 0 Å². The predicted molar refractivity (Wildman–Crippen MR) is 75.1 cm³/mol. The Kier molecular flexibility index (Phi) is 8.34. The second-order valence-electron chi connectivity index (χ2n) is 2.39. The highest BCUT2D eigenvalue weighted by Crippen LogP contribution is 2.30. The van der Waals surface area contributed by atoms with E-state index in [-0.39, 0.29) is 0 Å². The minimum Gasteiger partial charge on any atom is -0.143 e. The normalized spacial score (nSPS) is 8.33. The quantitative estimate of drug-likeness (QED) is 0.587. The van der Waals surface area contributed by atoms with Crippen LogP contribution in [0.5, 0.6) is 0 Å². The smallest absolute Gasteiger partial charge is 0.0445 e. The maximum atomic E-state index is 2.19. The zero-order valence-corrected chi connectivity index (χ0v) is 11.8. The molecule has 2 rings (SSSR count). The first-order chi connectivity index (χ1) is 7.36. The van der Waals surface area contributed by atoms with Crippen molar-refractivity contribution in [1.82, 2.24) is 0 Å². The fraction of sp³-hybridized carbons (Fsp3) is 0.385. The van der Waals surface area contributed by atoms with Crippen LogP contribution < -0.4 is 0 Å². The highest BCUT2D eigenvalue weighted by atomic mass is 32.1. The number of aryl methyl sites for hydroxylation is 1. The van der Waals surface area contributed by atoms with E-state index in [4.69, 9.17) is 0 Å². The van der Waals surface area contributed by atoms with Gasteiger partial charge in [-0.1, -0.05) is 33.8 Å². The van der Waals surface area contributed by atoms with E-state index >= 15 is 0 Å². The molecule has 0 saturated heterocycles. The summed E-state index contributed by atoms with van der Waals surface area (Å²) in [6.45, 7) is 10.1.